The van der Waals surface area contributed by atoms with Crippen molar-refractivity contribution in [1.29, 1.82) is 0 Å². The molecule has 1 aliphatic rings. The lowest BCUT2D eigenvalue weighted by atomic mass is 10.1. The summed E-state index contributed by atoms with van der Waals surface area (Å²) in [4.78, 5) is 0. The monoisotopic (exact) mass is 237 g/mol. The van der Waals surface area contributed by atoms with Gasteiger partial charge in [0.15, 0.2) is 11.5 Å². The van der Waals surface area contributed by atoms with Gasteiger partial charge < -0.3 is 15.2 Å². The van der Waals surface area contributed by atoms with Gasteiger partial charge in [0.1, 0.15) is 0 Å². The summed E-state index contributed by atoms with van der Waals surface area (Å²) >= 11 is 0. The smallest absolute Gasteiger partial charge is 0.231 e. The second-order valence-corrected chi connectivity index (χ2v) is 2.87. The summed E-state index contributed by atoms with van der Waals surface area (Å²) in [7, 11) is 0. The van der Waals surface area contributed by atoms with Gasteiger partial charge in [0.2, 0.25) is 6.79 Å². The standard InChI is InChI=1S/C9H11NO2.2ClH/c1-6(10)7-3-2-4-8-9(7)12-5-11-8;;/h2-4,6H,5,10H2,1H3;2*1H/t6-;;/m1../s1. The fraction of sp³-hybridized carbons (Fsp3) is 0.333. The Hall–Kier alpha value is -0.640. The molecule has 1 heterocycles. The lowest BCUT2D eigenvalue weighted by Gasteiger charge is -2.07. The number of para-hydroxylation sites is 1. The number of rotatable bonds is 1. The van der Waals surface area contributed by atoms with Crippen LogP contribution in [-0.2, 0) is 0 Å². The third-order valence-corrected chi connectivity index (χ3v) is 1.92. The Kier molecular flexibility index (Phi) is 5.05. The summed E-state index contributed by atoms with van der Waals surface area (Å²) in [6.45, 7) is 2.23. The average Bonchev–Trinajstić information content (AvgIpc) is 2.49. The van der Waals surface area contributed by atoms with E-state index in [9.17, 15) is 0 Å². The molecule has 0 spiro atoms. The normalized spacial score (nSPS) is 13.9. The van der Waals surface area contributed by atoms with Crippen molar-refractivity contribution in [3.05, 3.63) is 23.8 Å². The molecule has 0 aromatic heterocycles. The Morgan fingerprint density at radius 1 is 1.29 bits per heavy atom. The Balaban J connectivity index is 0.000000845. The third-order valence-electron chi connectivity index (χ3n) is 1.92. The Bertz CT molecular complexity index is 305. The molecule has 2 rings (SSSR count). The van der Waals surface area contributed by atoms with Crippen LogP contribution < -0.4 is 15.2 Å². The van der Waals surface area contributed by atoms with E-state index in [1.54, 1.807) is 0 Å². The molecule has 1 aromatic rings. The predicted molar refractivity (Wildman–Crippen MR) is 59.7 cm³/mol. The van der Waals surface area contributed by atoms with E-state index in [2.05, 4.69) is 0 Å². The van der Waals surface area contributed by atoms with Crippen molar-refractivity contribution in [2.45, 2.75) is 13.0 Å². The largest absolute Gasteiger partial charge is 0.454 e. The quantitative estimate of drug-likeness (QED) is 0.816. The van der Waals surface area contributed by atoms with E-state index in [1.807, 2.05) is 25.1 Å². The number of hydrogen-bond acceptors (Lipinski definition) is 3. The van der Waals surface area contributed by atoms with Crippen molar-refractivity contribution in [2.24, 2.45) is 5.73 Å². The van der Waals surface area contributed by atoms with Gasteiger partial charge in [-0.05, 0) is 13.0 Å². The fourth-order valence-electron chi connectivity index (χ4n) is 1.31. The summed E-state index contributed by atoms with van der Waals surface area (Å²) < 4.78 is 10.5. The van der Waals surface area contributed by atoms with Crippen molar-refractivity contribution >= 4 is 24.8 Å². The highest BCUT2D eigenvalue weighted by molar-refractivity contribution is 5.85. The molecule has 0 saturated carbocycles. The molecule has 3 nitrogen and oxygen atoms in total. The van der Waals surface area contributed by atoms with E-state index in [-0.39, 0.29) is 30.9 Å². The summed E-state index contributed by atoms with van der Waals surface area (Å²) in [6.07, 6.45) is 0. The van der Waals surface area contributed by atoms with Crippen LogP contribution in [0.1, 0.15) is 18.5 Å². The van der Waals surface area contributed by atoms with Crippen LogP contribution in [0.5, 0.6) is 11.5 Å². The summed E-state index contributed by atoms with van der Waals surface area (Å²) in [6, 6.07) is 5.75. The van der Waals surface area contributed by atoms with Crippen molar-refractivity contribution in [3.8, 4) is 11.5 Å². The van der Waals surface area contributed by atoms with Gasteiger partial charge >= 0.3 is 0 Å². The summed E-state index contributed by atoms with van der Waals surface area (Å²) in [5, 5.41) is 0. The fourth-order valence-corrected chi connectivity index (χ4v) is 1.31. The zero-order valence-electron chi connectivity index (χ0n) is 7.73. The number of halogens is 2. The average molecular weight is 238 g/mol. The first-order valence-electron chi connectivity index (χ1n) is 3.93. The van der Waals surface area contributed by atoms with Crippen LogP contribution in [0.4, 0.5) is 0 Å². The molecule has 0 aliphatic carbocycles. The Labute approximate surface area is 95.4 Å². The van der Waals surface area contributed by atoms with E-state index in [1.165, 1.54) is 0 Å². The maximum absolute atomic E-state index is 5.75. The molecule has 0 saturated heterocycles. The first kappa shape index (κ1) is 13.4. The van der Waals surface area contributed by atoms with Gasteiger partial charge in [-0.25, -0.2) is 0 Å². The molecule has 1 aromatic carbocycles. The first-order valence-corrected chi connectivity index (χ1v) is 3.93. The van der Waals surface area contributed by atoms with Crippen LogP contribution in [0.25, 0.3) is 0 Å². The van der Waals surface area contributed by atoms with Gasteiger partial charge in [0.25, 0.3) is 0 Å². The van der Waals surface area contributed by atoms with Crippen molar-refractivity contribution in [3.63, 3.8) is 0 Å². The maximum Gasteiger partial charge on any atom is 0.231 e. The van der Waals surface area contributed by atoms with E-state index < -0.39 is 0 Å². The molecule has 1 aliphatic heterocycles. The predicted octanol–water partition coefficient (Wildman–Crippen LogP) is 2.28. The van der Waals surface area contributed by atoms with Crippen LogP contribution in [0.15, 0.2) is 18.2 Å². The molecular weight excluding hydrogens is 225 g/mol. The SMILES string of the molecule is C[C@@H](N)c1cccc2c1OCO2.Cl.Cl. The van der Waals surface area contributed by atoms with Gasteiger partial charge in [-0.1, -0.05) is 12.1 Å². The van der Waals surface area contributed by atoms with Gasteiger partial charge in [0.05, 0.1) is 0 Å². The van der Waals surface area contributed by atoms with Crippen molar-refractivity contribution < 1.29 is 9.47 Å². The Morgan fingerprint density at radius 2 is 2.00 bits per heavy atom. The van der Waals surface area contributed by atoms with Gasteiger partial charge in [-0.3, -0.25) is 0 Å². The van der Waals surface area contributed by atoms with E-state index in [0.717, 1.165) is 17.1 Å². The third kappa shape index (κ3) is 2.23. The van der Waals surface area contributed by atoms with Crippen LogP contribution >= 0.6 is 24.8 Å². The number of fused-ring (bicyclic) bond motifs is 1. The number of ether oxygens (including phenoxy) is 2. The number of benzene rings is 1. The molecular formula is C9H13Cl2NO2. The van der Waals surface area contributed by atoms with Crippen LogP contribution in [0.2, 0.25) is 0 Å². The van der Waals surface area contributed by atoms with Gasteiger partial charge in [0, 0.05) is 11.6 Å². The highest BCUT2D eigenvalue weighted by Gasteiger charge is 2.18. The zero-order valence-corrected chi connectivity index (χ0v) is 9.36. The molecule has 1 atom stereocenters. The minimum atomic E-state index is -0.0124. The van der Waals surface area contributed by atoms with Gasteiger partial charge in [-0.2, -0.15) is 0 Å². The second kappa shape index (κ2) is 5.29. The number of nitrogens with two attached hydrogens (primary N) is 1. The van der Waals surface area contributed by atoms with Crippen LogP contribution in [0, 0.1) is 0 Å². The van der Waals surface area contributed by atoms with Crippen LogP contribution in [0.3, 0.4) is 0 Å². The van der Waals surface area contributed by atoms with E-state index in [0.29, 0.717) is 6.79 Å². The van der Waals surface area contributed by atoms with Crippen molar-refractivity contribution in [2.75, 3.05) is 6.79 Å². The second-order valence-electron chi connectivity index (χ2n) is 2.87. The topological polar surface area (TPSA) is 44.5 Å². The molecule has 0 unspecified atom stereocenters. The molecule has 0 amide bonds. The maximum atomic E-state index is 5.75. The lowest BCUT2D eigenvalue weighted by Crippen LogP contribution is -2.05. The minimum absolute atomic E-state index is 0. The van der Waals surface area contributed by atoms with Crippen LogP contribution in [-0.4, -0.2) is 6.79 Å². The lowest BCUT2D eigenvalue weighted by molar-refractivity contribution is 0.173. The minimum Gasteiger partial charge on any atom is -0.454 e. The summed E-state index contributed by atoms with van der Waals surface area (Å²) in [5.41, 5.74) is 6.76. The Morgan fingerprint density at radius 3 is 2.64 bits per heavy atom. The van der Waals surface area contributed by atoms with E-state index in [4.69, 9.17) is 15.2 Å². The molecule has 0 fully saturated rings. The van der Waals surface area contributed by atoms with Crippen molar-refractivity contribution in [1.82, 2.24) is 0 Å². The number of hydrogen-bond donors (Lipinski definition) is 1. The van der Waals surface area contributed by atoms with Gasteiger partial charge in [-0.15, -0.1) is 24.8 Å². The molecule has 0 radical (unpaired) electrons. The highest BCUT2D eigenvalue weighted by atomic mass is 35.5. The molecule has 5 heteroatoms. The molecule has 2 N–H and O–H groups in total. The van der Waals surface area contributed by atoms with E-state index >= 15 is 0 Å². The zero-order chi connectivity index (χ0) is 8.55. The molecule has 80 valence electrons. The highest BCUT2D eigenvalue weighted by Crippen LogP contribution is 2.37. The molecule has 0 bridgehead atoms. The summed E-state index contributed by atoms with van der Waals surface area (Å²) in [5.74, 6) is 1.59. The first-order chi connectivity index (χ1) is 5.79. The molecule has 14 heavy (non-hydrogen) atoms.